The molecule has 1 N–H and O–H groups in total. The molecule has 0 bridgehead atoms. The first-order chi connectivity index (χ1) is 8.77. The highest BCUT2D eigenvalue weighted by Crippen LogP contribution is 2.18. The number of aromatic nitrogens is 1. The zero-order valence-corrected chi connectivity index (χ0v) is 10.5. The van der Waals surface area contributed by atoms with E-state index in [4.69, 9.17) is 11.6 Å². The molecule has 0 spiro atoms. The number of alkyl halides is 1. The maximum Gasteiger partial charge on any atom is 0.251 e. The molecule has 1 atom stereocenters. The van der Waals surface area contributed by atoms with E-state index in [2.05, 4.69) is 10.3 Å². The molecule has 0 saturated carbocycles. The van der Waals surface area contributed by atoms with Gasteiger partial charge in [0.1, 0.15) is 0 Å². The Bertz CT molecular complexity index is 502. The van der Waals surface area contributed by atoms with Crippen LogP contribution >= 0.6 is 11.6 Å². The summed E-state index contributed by atoms with van der Waals surface area (Å²) in [6.45, 7) is 0.396. The highest BCUT2D eigenvalue weighted by Gasteiger charge is 2.10. The molecule has 0 radical (unpaired) electrons. The fourth-order valence-electron chi connectivity index (χ4n) is 1.57. The lowest BCUT2D eigenvalue weighted by Crippen LogP contribution is -2.26. The van der Waals surface area contributed by atoms with Gasteiger partial charge in [-0.25, -0.2) is 0 Å². The lowest BCUT2D eigenvalue weighted by molar-refractivity contribution is 0.0953. The second-order valence-corrected chi connectivity index (χ2v) is 4.35. The van der Waals surface area contributed by atoms with Crippen LogP contribution in [0.1, 0.15) is 21.3 Å². The Kier molecular flexibility index (Phi) is 4.31. The minimum atomic E-state index is -0.225. The molecule has 1 aromatic heterocycles. The Hall–Kier alpha value is -1.87. The fourth-order valence-corrected chi connectivity index (χ4v) is 1.79. The number of hydrogen-bond acceptors (Lipinski definition) is 2. The van der Waals surface area contributed by atoms with Crippen LogP contribution in [0.25, 0.3) is 0 Å². The van der Waals surface area contributed by atoms with Crippen molar-refractivity contribution in [3.63, 3.8) is 0 Å². The Morgan fingerprint density at radius 3 is 2.50 bits per heavy atom. The van der Waals surface area contributed by atoms with Crippen molar-refractivity contribution in [1.29, 1.82) is 0 Å². The molecule has 3 nitrogen and oxygen atoms in total. The molecule has 18 heavy (non-hydrogen) atoms. The van der Waals surface area contributed by atoms with Crippen LogP contribution in [0.2, 0.25) is 0 Å². The van der Waals surface area contributed by atoms with E-state index in [-0.39, 0.29) is 11.3 Å². The topological polar surface area (TPSA) is 42.0 Å². The summed E-state index contributed by atoms with van der Waals surface area (Å²) in [4.78, 5) is 15.6. The molecule has 0 aliphatic heterocycles. The van der Waals surface area contributed by atoms with Crippen LogP contribution in [0.4, 0.5) is 0 Å². The van der Waals surface area contributed by atoms with Crippen LogP contribution in [0.15, 0.2) is 54.9 Å². The largest absolute Gasteiger partial charge is 0.350 e. The van der Waals surface area contributed by atoms with Crippen molar-refractivity contribution in [2.45, 2.75) is 5.38 Å². The van der Waals surface area contributed by atoms with Gasteiger partial charge in [-0.15, -0.1) is 11.6 Å². The standard InChI is InChI=1S/C14H13ClN2O/c15-13(11-4-2-1-3-5-11)10-17-14(18)12-6-8-16-9-7-12/h1-9,13H,10H2,(H,17,18). The smallest absolute Gasteiger partial charge is 0.251 e. The number of amides is 1. The van der Waals surface area contributed by atoms with E-state index in [1.165, 1.54) is 0 Å². The van der Waals surface area contributed by atoms with Crippen molar-refractivity contribution in [1.82, 2.24) is 10.3 Å². The molecular weight excluding hydrogens is 248 g/mol. The van der Waals surface area contributed by atoms with Crippen molar-refractivity contribution < 1.29 is 4.79 Å². The van der Waals surface area contributed by atoms with Gasteiger partial charge in [0, 0.05) is 24.5 Å². The van der Waals surface area contributed by atoms with Crippen molar-refractivity contribution in [2.75, 3.05) is 6.54 Å². The molecular formula is C14H13ClN2O. The molecule has 4 heteroatoms. The minimum absolute atomic E-state index is 0.140. The Morgan fingerprint density at radius 1 is 1.17 bits per heavy atom. The van der Waals surface area contributed by atoms with Crippen LogP contribution in [0.3, 0.4) is 0 Å². The molecule has 1 unspecified atom stereocenters. The average Bonchev–Trinajstić information content (AvgIpc) is 2.46. The molecule has 1 aromatic carbocycles. The van der Waals surface area contributed by atoms with Crippen molar-refractivity contribution in [2.24, 2.45) is 0 Å². The summed E-state index contributed by atoms with van der Waals surface area (Å²) in [6, 6.07) is 13.0. The van der Waals surface area contributed by atoms with E-state index in [0.717, 1.165) is 5.56 Å². The highest BCUT2D eigenvalue weighted by atomic mass is 35.5. The summed E-state index contributed by atoms with van der Waals surface area (Å²) in [7, 11) is 0. The third kappa shape index (κ3) is 3.31. The van der Waals surface area contributed by atoms with Crippen molar-refractivity contribution in [3.05, 3.63) is 66.0 Å². The molecule has 92 valence electrons. The van der Waals surface area contributed by atoms with E-state index in [1.807, 2.05) is 30.3 Å². The zero-order valence-electron chi connectivity index (χ0n) is 9.71. The monoisotopic (exact) mass is 260 g/mol. The van der Waals surface area contributed by atoms with Crippen molar-refractivity contribution in [3.8, 4) is 0 Å². The zero-order chi connectivity index (χ0) is 12.8. The predicted molar refractivity (Wildman–Crippen MR) is 71.6 cm³/mol. The van der Waals surface area contributed by atoms with Crippen LogP contribution in [-0.2, 0) is 0 Å². The van der Waals surface area contributed by atoms with Gasteiger partial charge in [-0.05, 0) is 17.7 Å². The Labute approximate surface area is 111 Å². The number of nitrogens with zero attached hydrogens (tertiary/aromatic N) is 1. The van der Waals surface area contributed by atoms with Gasteiger partial charge in [-0.1, -0.05) is 30.3 Å². The first-order valence-corrected chi connectivity index (χ1v) is 6.08. The van der Waals surface area contributed by atoms with E-state index < -0.39 is 0 Å². The third-order valence-corrected chi connectivity index (χ3v) is 2.95. The van der Waals surface area contributed by atoms with Gasteiger partial charge in [0.2, 0.25) is 0 Å². The molecule has 2 rings (SSSR count). The molecule has 1 amide bonds. The Balaban J connectivity index is 1.91. The first kappa shape index (κ1) is 12.6. The van der Waals surface area contributed by atoms with Gasteiger partial charge in [0.25, 0.3) is 5.91 Å². The predicted octanol–water partition coefficient (Wildman–Crippen LogP) is 2.79. The molecule has 0 aliphatic rings. The fraction of sp³-hybridized carbons (Fsp3) is 0.143. The first-order valence-electron chi connectivity index (χ1n) is 5.64. The number of carbonyl (C=O) groups is 1. The number of benzene rings is 1. The highest BCUT2D eigenvalue weighted by molar-refractivity contribution is 6.21. The third-order valence-electron chi connectivity index (χ3n) is 2.55. The van der Waals surface area contributed by atoms with Gasteiger partial charge >= 0.3 is 0 Å². The summed E-state index contributed by atoms with van der Waals surface area (Å²) in [5.41, 5.74) is 1.58. The second-order valence-electron chi connectivity index (χ2n) is 3.82. The number of nitrogens with one attached hydrogen (secondary N) is 1. The van der Waals surface area contributed by atoms with E-state index in [1.54, 1.807) is 24.5 Å². The molecule has 1 heterocycles. The lowest BCUT2D eigenvalue weighted by atomic mass is 10.1. The van der Waals surface area contributed by atoms with E-state index >= 15 is 0 Å². The maximum absolute atomic E-state index is 11.8. The number of carbonyl (C=O) groups excluding carboxylic acids is 1. The molecule has 0 saturated heterocycles. The van der Waals surface area contributed by atoms with E-state index in [0.29, 0.717) is 12.1 Å². The molecule has 0 fully saturated rings. The van der Waals surface area contributed by atoms with Gasteiger partial charge in [0.05, 0.1) is 5.38 Å². The quantitative estimate of drug-likeness (QED) is 0.859. The van der Waals surface area contributed by atoms with Gasteiger partial charge in [0.15, 0.2) is 0 Å². The summed E-state index contributed by atoms with van der Waals surface area (Å²) >= 11 is 6.21. The van der Waals surface area contributed by atoms with Gasteiger partial charge < -0.3 is 5.32 Å². The Morgan fingerprint density at radius 2 is 1.83 bits per heavy atom. The van der Waals surface area contributed by atoms with Gasteiger partial charge in [-0.3, -0.25) is 9.78 Å². The number of halogens is 1. The van der Waals surface area contributed by atoms with Gasteiger partial charge in [-0.2, -0.15) is 0 Å². The van der Waals surface area contributed by atoms with Crippen LogP contribution in [0, 0.1) is 0 Å². The van der Waals surface area contributed by atoms with Crippen molar-refractivity contribution >= 4 is 17.5 Å². The summed E-state index contributed by atoms with van der Waals surface area (Å²) in [5.74, 6) is -0.140. The lowest BCUT2D eigenvalue weighted by Gasteiger charge is -2.11. The van der Waals surface area contributed by atoms with Crippen LogP contribution in [-0.4, -0.2) is 17.4 Å². The number of hydrogen-bond donors (Lipinski definition) is 1. The van der Waals surface area contributed by atoms with E-state index in [9.17, 15) is 4.79 Å². The maximum atomic E-state index is 11.8. The SMILES string of the molecule is O=C(NCC(Cl)c1ccccc1)c1ccncc1. The summed E-state index contributed by atoms with van der Waals surface area (Å²) < 4.78 is 0. The molecule has 0 aliphatic carbocycles. The normalized spacial score (nSPS) is 11.8. The second kappa shape index (κ2) is 6.17. The minimum Gasteiger partial charge on any atom is -0.350 e. The molecule has 2 aromatic rings. The average molecular weight is 261 g/mol. The van der Waals surface area contributed by atoms with Crippen LogP contribution < -0.4 is 5.32 Å². The van der Waals surface area contributed by atoms with Crippen LogP contribution in [0.5, 0.6) is 0 Å². The summed E-state index contributed by atoms with van der Waals surface area (Å²) in [6.07, 6.45) is 3.18. The number of rotatable bonds is 4. The number of pyridine rings is 1. The summed E-state index contributed by atoms with van der Waals surface area (Å²) in [5, 5.41) is 2.57.